The predicted octanol–water partition coefficient (Wildman–Crippen LogP) is 3.76. The van der Waals surface area contributed by atoms with Crippen LogP contribution in [0.1, 0.15) is 49.1 Å². The Balaban J connectivity index is 1.85. The molecular formula is C14H21NS. The van der Waals surface area contributed by atoms with E-state index in [0.29, 0.717) is 6.04 Å². The summed E-state index contributed by atoms with van der Waals surface area (Å²) in [5.41, 5.74) is 1.62. The Labute approximate surface area is 102 Å². The first-order valence-electron chi connectivity index (χ1n) is 6.66. The molecule has 1 nitrogen and oxygen atoms in total. The van der Waals surface area contributed by atoms with E-state index in [2.05, 4.69) is 23.7 Å². The van der Waals surface area contributed by atoms with Crippen molar-refractivity contribution in [2.24, 2.45) is 11.8 Å². The van der Waals surface area contributed by atoms with Crippen LogP contribution in [0.3, 0.4) is 0 Å². The highest BCUT2D eigenvalue weighted by atomic mass is 32.1. The summed E-state index contributed by atoms with van der Waals surface area (Å²) in [7, 11) is 0. The van der Waals surface area contributed by atoms with Crippen LogP contribution >= 0.6 is 11.3 Å². The normalized spacial score (nSPS) is 34.7. The van der Waals surface area contributed by atoms with Crippen molar-refractivity contribution in [1.82, 2.24) is 5.32 Å². The molecule has 1 N–H and O–H groups in total. The highest BCUT2D eigenvalue weighted by Crippen LogP contribution is 2.42. The molecule has 16 heavy (non-hydrogen) atoms. The lowest BCUT2D eigenvalue weighted by atomic mass is 9.74. The SMILES string of the molecule is CC1CCCCC1C1NCCc2ccsc21. The summed E-state index contributed by atoms with van der Waals surface area (Å²) in [6.45, 7) is 3.63. The molecular weight excluding hydrogens is 214 g/mol. The van der Waals surface area contributed by atoms with E-state index >= 15 is 0 Å². The Hall–Kier alpha value is -0.340. The Morgan fingerprint density at radius 2 is 2.19 bits per heavy atom. The number of hydrogen-bond donors (Lipinski definition) is 1. The van der Waals surface area contributed by atoms with Gasteiger partial charge in [0.05, 0.1) is 0 Å². The fourth-order valence-electron chi connectivity index (χ4n) is 3.47. The molecule has 0 spiro atoms. The topological polar surface area (TPSA) is 12.0 Å². The standard InChI is InChI=1S/C14H21NS/c1-10-4-2-3-5-12(10)13-14-11(6-8-15-13)7-9-16-14/h7,9-10,12-13,15H,2-6,8H2,1H3. The van der Waals surface area contributed by atoms with Crippen molar-refractivity contribution in [1.29, 1.82) is 0 Å². The first-order valence-corrected chi connectivity index (χ1v) is 7.54. The summed E-state index contributed by atoms with van der Waals surface area (Å²) >= 11 is 1.97. The minimum atomic E-state index is 0.666. The van der Waals surface area contributed by atoms with Crippen molar-refractivity contribution in [3.8, 4) is 0 Å². The third kappa shape index (κ3) is 1.82. The number of hydrogen-bond acceptors (Lipinski definition) is 2. The third-order valence-electron chi connectivity index (χ3n) is 4.43. The molecule has 3 rings (SSSR count). The summed E-state index contributed by atoms with van der Waals surface area (Å²) in [5, 5.41) is 6.05. The van der Waals surface area contributed by atoms with E-state index in [9.17, 15) is 0 Å². The average Bonchev–Trinajstić information content (AvgIpc) is 2.77. The van der Waals surface area contributed by atoms with E-state index in [1.807, 2.05) is 11.3 Å². The maximum atomic E-state index is 3.77. The van der Waals surface area contributed by atoms with Gasteiger partial charge in [0.25, 0.3) is 0 Å². The Morgan fingerprint density at radius 3 is 3.06 bits per heavy atom. The van der Waals surface area contributed by atoms with Crippen LogP contribution in [-0.4, -0.2) is 6.54 Å². The van der Waals surface area contributed by atoms with Gasteiger partial charge >= 0.3 is 0 Å². The molecule has 1 aliphatic heterocycles. The van der Waals surface area contributed by atoms with E-state index in [1.54, 1.807) is 10.4 Å². The number of rotatable bonds is 1. The van der Waals surface area contributed by atoms with Crippen LogP contribution in [0.25, 0.3) is 0 Å². The molecule has 2 aliphatic rings. The zero-order valence-electron chi connectivity index (χ0n) is 10.0. The lowest BCUT2D eigenvalue weighted by Gasteiger charge is -2.38. The molecule has 1 saturated carbocycles. The quantitative estimate of drug-likeness (QED) is 0.781. The lowest BCUT2D eigenvalue weighted by molar-refractivity contribution is 0.192. The van der Waals surface area contributed by atoms with Gasteiger partial charge in [-0.15, -0.1) is 11.3 Å². The van der Waals surface area contributed by atoms with E-state index in [-0.39, 0.29) is 0 Å². The van der Waals surface area contributed by atoms with Crippen LogP contribution in [0.5, 0.6) is 0 Å². The van der Waals surface area contributed by atoms with Crippen LogP contribution in [0.4, 0.5) is 0 Å². The van der Waals surface area contributed by atoms with Gasteiger partial charge in [-0.3, -0.25) is 0 Å². The van der Waals surface area contributed by atoms with Crippen LogP contribution in [0.2, 0.25) is 0 Å². The Bertz CT molecular complexity index is 357. The van der Waals surface area contributed by atoms with Crippen molar-refractivity contribution in [3.63, 3.8) is 0 Å². The molecule has 3 unspecified atom stereocenters. The first kappa shape index (κ1) is 10.8. The fourth-order valence-corrected chi connectivity index (χ4v) is 4.57. The molecule has 2 heterocycles. The molecule has 0 bridgehead atoms. The van der Waals surface area contributed by atoms with E-state index in [4.69, 9.17) is 0 Å². The van der Waals surface area contributed by atoms with Gasteiger partial charge in [0.2, 0.25) is 0 Å². The monoisotopic (exact) mass is 235 g/mol. The molecule has 1 aromatic heterocycles. The first-order chi connectivity index (χ1) is 7.86. The van der Waals surface area contributed by atoms with Crippen molar-refractivity contribution < 1.29 is 0 Å². The summed E-state index contributed by atoms with van der Waals surface area (Å²) in [6, 6.07) is 3.00. The largest absolute Gasteiger partial charge is 0.309 e. The molecule has 0 saturated heterocycles. The number of thiophene rings is 1. The highest BCUT2D eigenvalue weighted by Gasteiger charge is 2.33. The highest BCUT2D eigenvalue weighted by molar-refractivity contribution is 7.10. The average molecular weight is 235 g/mol. The van der Waals surface area contributed by atoms with Gasteiger partial charge in [-0.25, -0.2) is 0 Å². The molecule has 0 amide bonds. The fraction of sp³-hybridized carbons (Fsp3) is 0.714. The molecule has 1 fully saturated rings. The van der Waals surface area contributed by atoms with Crippen molar-refractivity contribution in [2.75, 3.05) is 6.54 Å². The van der Waals surface area contributed by atoms with Crippen molar-refractivity contribution in [3.05, 3.63) is 21.9 Å². The second kappa shape index (κ2) is 4.50. The molecule has 1 aromatic rings. The predicted molar refractivity (Wildman–Crippen MR) is 69.9 cm³/mol. The zero-order chi connectivity index (χ0) is 11.0. The van der Waals surface area contributed by atoms with Gasteiger partial charge in [0.15, 0.2) is 0 Å². The second-order valence-electron chi connectivity index (χ2n) is 5.42. The van der Waals surface area contributed by atoms with Gasteiger partial charge in [-0.05, 0) is 48.2 Å². The van der Waals surface area contributed by atoms with Crippen molar-refractivity contribution in [2.45, 2.75) is 45.1 Å². The zero-order valence-corrected chi connectivity index (χ0v) is 10.9. The van der Waals surface area contributed by atoms with E-state index in [1.165, 1.54) is 38.6 Å². The molecule has 2 heteroatoms. The minimum absolute atomic E-state index is 0.666. The Morgan fingerprint density at radius 1 is 1.31 bits per heavy atom. The van der Waals surface area contributed by atoms with E-state index in [0.717, 1.165) is 11.8 Å². The summed E-state index contributed by atoms with van der Waals surface area (Å²) in [6.07, 6.45) is 6.98. The van der Waals surface area contributed by atoms with Gasteiger partial charge < -0.3 is 5.32 Å². The lowest BCUT2D eigenvalue weighted by Crippen LogP contribution is -2.37. The number of nitrogens with one attached hydrogen (secondary N) is 1. The molecule has 0 radical (unpaired) electrons. The maximum Gasteiger partial charge on any atom is 0.0448 e. The van der Waals surface area contributed by atoms with Crippen LogP contribution in [0.15, 0.2) is 11.4 Å². The summed E-state index contributed by atoms with van der Waals surface area (Å²) < 4.78 is 0. The smallest absolute Gasteiger partial charge is 0.0448 e. The molecule has 88 valence electrons. The minimum Gasteiger partial charge on any atom is -0.309 e. The summed E-state index contributed by atoms with van der Waals surface area (Å²) in [4.78, 5) is 1.64. The van der Waals surface area contributed by atoms with Gasteiger partial charge in [0.1, 0.15) is 0 Å². The van der Waals surface area contributed by atoms with Gasteiger partial charge in [0, 0.05) is 10.9 Å². The van der Waals surface area contributed by atoms with Gasteiger partial charge in [-0.1, -0.05) is 26.2 Å². The van der Waals surface area contributed by atoms with E-state index < -0.39 is 0 Å². The third-order valence-corrected chi connectivity index (χ3v) is 5.47. The number of fused-ring (bicyclic) bond motifs is 1. The molecule has 0 aromatic carbocycles. The van der Waals surface area contributed by atoms with Crippen LogP contribution in [0, 0.1) is 11.8 Å². The Kier molecular flexibility index (Phi) is 3.03. The van der Waals surface area contributed by atoms with Crippen molar-refractivity contribution >= 4 is 11.3 Å². The molecule has 1 aliphatic carbocycles. The summed E-state index contributed by atoms with van der Waals surface area (Å²) in [5.74, 6) is 1.78. The van der Waals surface area contributed by atoms with Gasteiger partial charge in [-0.2, -0.15) is 0 Å². The molecule has 3 atom stereocenters. The second-order valence-corrected chi connectivity index (χ2v) is 6.37. The van der Waals surface area contributed by atoms with Crippen LogP contribution < -0.4 is 5.32 Å². The van der Waals surface area contributed by atoms with Crippen LogP contribution in [-0.2, 0) is 6.42 Å². The maximum absolute atomic E-state index is 3.77.